The number of carbonyl (C=O) groups is 4. The lowest BCUT2D eigenvalue weighted by molar-refractivity contribution is -0.121. The molecule has 1 fully saturated rings. The molecule has 0 spiro atoms. The van der Waals surface area contributed by atoms with Crippen LogP contribution in [-0.2, 0) is 14.3 Å². The Morgan fingerprint density at radius 2 is 1.68 bits per heavy atom. The quantitative estimate of drug-likeness (QED) is 0.136. The van der Waals surface area contributed by atoms with Gasteiger partial charge >= 0.3 is 5.97 Å². The normalized spacial score (nSPS) is 14.2. The van der Waals surface area contributed by atoms with Crippen molar-refractivity contribution in [3.8, 4) is 28.8 Å². The number of anilines is 1. The third-order valence-corrected chi connectivity index (χ3v) is 8.02. The van der Waals surface area contributed by atoms with Gasteiger partial charge in [-0.3, -0.25) is 14.4 Å². The number of ether oxygens (including phenoxy) is 3. The summed E-state index contributed by atoms with van der Waals surface area (Å²) < 4.78 is 15.6. The smallest absolute Gasteiger partial charge is 0.338 e. The molecule has 2 amide bonds. The molecule has 1 aliphatic rings. The van der Waals surface area contributed by atoms with E-state index < -0.39 is 35.4 Å². The molecule has 1 saturated heterocycles. The fourth-order valence-electron chi connectivity index (χ4n) is 4.55. The summed E-state index contributed by atoms with van der Waals surface area (Å²) in [5.74, 6) is -0.976. The van der Waals surface area contributed by atoms with Crippen LogP contribution >= 0.6 is 11.8 Å². The summed E-state index contributed by atoms with van der Waals surface area (Å²) in [6, 6.07) is 25.1. The Morgan fingerprint density at radius 1 is 0.955 bits per heavy atom. The van der Waals surface area contributed by atoms with Crippen LogP contribution in [0.15, 0.2) is 90.0 Å². The van der Waals surface area contributed by atoms with Crippen LogP contribution in [0.3, 0.4) is 0 Å². The standard InChI is InChI=1S/C33H25N3O7S/c1-41-24-14-9-20(10-15-24)26-16-11-22(18-34)31(35-26)44-29-17-30(38)36(32(29)39)23-12-7-21(8-13-23)33(40)43-19-27(37)25-5-3-4-6-28(25)42-2/h3-16,29H,17,19H2,1-2H3. The Balaban J connectivity index is 1.26. The van der Waals surface area contributed by atoms with Gasteiger partial charge in [-0.2, -0.15) is 5.26 Å². The number of Topliss-reactive ketones (excluding diaryl/α,β-unsaturated/α-hetero) is 1. The highest BCUT2D eigenvalue weighted by atomic mass is 32.2. The van der Waals surface area contributed by atoms with Crippen molar-refractivity contribution in [2.45, 2.75) is 16.7 Å². The number of imide groups is 1. The van der Waals surface area contributed by atoms with Crippen molar-refractivity contribution in [1.82, 2.24) is 4.98 Å². The van der Waals surface area contributed by atoms with Gasteiger partial charge in [0.2, 0.25) is 17.6 Å². The number of thioether (sulfide) groups is 1. The number of pyridine rings is 1. The lowest BCUT2D eigenvalue weighted by Gasteiger charge is -2.15. The second kappa shape index (κ2) is 13.2. The number of esters is 1. The average molecular weight is 608 g/mol. The molecule has 1 aliphatic heterocycles. The maximum absolute atomic E-state index is 13.3. The molecule has 5 rings (SSSR count). The van der Waals surface area contributed by atoms with Gasteiger partial charge < -0.3 is 14.2 Å². The highest BCUT2D eigenvalue weighted by Crippen LogP contribution is 2.36. The van der Waals surface area contributed by atoms with Gasteiger partial charge in [-0.05, 0) is 72.8 Å². The maximum atomic E-state index is 13.3. The second-order valence-corrected chi connectivity index (χ2v) is 10.7. The van der Waals surface area contributed by atoms with Gasteiger partial charge in [0, 0.05) is 12.0 Å². The topological polar surface area (TPSA) is 136 Å². The van der Waals surface area contributed by atoms with Crippen LogP contribution in [0.1, 0.15) is 32.7 Å². The molecule has 0 bridgehead atoms. The predicted octanol–water partition coefficient (Wildman–Crippen LogP) is 5.10. The average Bonchev–Trinajstić information content (AvgIpc) is 3.34. The minimum absolute atomic E-state index is 0.0856. The van der Waals surface area contributed by atoms with E-state index in [0.717, 1.165) is 22.2 Å². The van der Waals surface area contributed by atoms with E-state index in [9.17, 15) is 24.4 Å². The van der Waals surface area contributed by atoms with Gasteiger partial charge in [0.05, 0.1) is 47.5 Å². The minimum Gasteiger partial charge on any atom is -0.497 e. The fraction of sp³-hybridized carbons (Fsp3) is 0.152. The molecular weight excluding hydrogens is 582 g/mol. The van der Waals surface area contributed by atoms with Crippen LogP contribution < -0.4 is 14.4 Å². The number of methoxy groups -OCH3 is 2. The van der Waals surface area contributed by atoms with E-state index >= 15 is 0 Å². The first-order chi connectivity index (χ1) is 21.3. The Morgan fingerprint density at radius 3 is 2.36 bits per heavy atom. The second-order valence-electron chi connectivity index (χ2n) is 9.51. The number of benzene rings is 3. The number of hydrogen-bond donors (Lipinski definition) is 0. The number of para-hydroxylation sites is 1. The van der Waals surface area contributed by atoms with E-state index in [1.807, 2.05) is 12.1 Å². The third kappa shape index (κ3) is 6.30. The molecule has 11 heteroatoms. The molecule has 0 saturated carbocycles. The van der Waals surface area contributed by atoms with Crippen molar-refractivity contribution in [3.63, 3.8) is 0 Å². The van der Waals surface area contributed by atoms with Crippen LogP contribution in [0.4, 0.5) is 5.69 Å². The van der Waals surface area contributed by atoms with E-state index in [1.54, 1.807) is 55.6 Å². The number of ketones is 1. The van der Waals surface area contributed by atoms with Gasteiger partial charge in [-0.25, -0.2) is 14.7 Å². The maximum Gasteiger partial charge on any atom is 0.338 e. The number of nitriles is 1. The van der Waals surface area contributed by atoms with Crippen molar-refractivity contribution in [2.75, 3.05) is 25.7 Å². The monoisotopic (exact) mass is 607 g/mol. The van der Waals surface area contributed by atoms with E-state index in [1.165, 1.54) is 31.4 Å². The molecule has 1 aromatic heterocycles. The Kier molecular flexibility index (Phi) is 9.02. The number of hydrogen-bond acceptors (Lipinski definition) is 10. The fourth-order valence-corrected chi connectivity index (χ4v) is 5.65. The van der Waals surface area contributed by atoms with E-state index in [4.69, 9.17) is 14.2 Å². The molecule has 0 aliphatic carbocycles. The van der Waals surface area contributed by atoms with Crippen molar-refractivity contribution < 1.29 is 33.4 Å². The summed E-state index contributed by atoms with van der Waals surface area (Å²) in [7, 11) is 3.02. The molecule has 1 atom stereocenters. The lowest BCUT2D eigenvalue weighted by Crippen LogP contribution is -2.31. The summed E-state index contributed by atoms with van der Waals surface area (Å²) in [5.41, 5.74) is 2.42. The van der Waals surface area contributed by atoms with Gasteiger partial charge in [0.25, 0.3) is 0 Å². The number of aromatic nitrogens is 1. The van der Waals surface area contributed by atoms with Crippen molar-refractivity contribution in [3.05, 3.63) is 102 Å². The summed E-state index contributed by atoms with van der Waals surface area (Å²) >= 11 is 1.06. The van der Waals surface area contributed by atoms with Gasteiger partial charge in [-0.15, -0.1) is 0 Å². The Hall–Kier alpha value is -5.47. The summed E-state index contributed by atoms with van der Waals surface area (Å²) in [4.78, 5) is 57.0. The SMILES string of the molecule is COc1ccc(-c2ccc(C#N)c(SC3CC(=O)N(c4ccc(C(=O)OCC(=O)c5ccccc5OC)cc4)C3=O)n2)cc1. The zero-order valence-electron chi connectivity index (χ0n) is 23.7. The Bertz CT molecular complexity index is 1780. The number of amides is 2. The summed E-state index contributed by atoms with van der Waals surface area (Å²) in [6.45, 7) is -0.485. The molecule has 1 unspecified atom stereocenters. The van der Waals surface area contributed by atoms with E-state index in [2.05, 4.69) is 11.1 Å². The molecular formula is C33H25N3O7S. The molecule has 0 radical (unpaired) electrons. The van der Waals surface area contributed by atoms with Crippen molar-refractivity contribution >= 4 is 41.0 Å². The highest BCUT2D eigenvalue weighted by Gasteiger charge is 2.41. The molecule has 10 nitrogen and oxygen atoms in total. The molecule has 0 N–H and O–H groups in total. The molecule has 4 aromatic rings. The molecule has 3 aromatic carbocycles. The number of rotatable bonds is 10. The van der Waals surface area contributed by atoms with E-state index in [-0.39, 0.29) is 23.2 Å². The van der Waals surface area contributed by atoms with Crippen molar-refractivity contribution in [2.24, 2.45) is 0 Å². The van der Waals surface area contributed by atoms with Crippen LogP contribution in [0, 0.1) is 11.3 Å². The van der Waals surface area contributed by atoms with Crippen LogP contribution in [0.5, 0.6) is 11.5 Å². The minimum atomic E-state index is -0.793. The first kappa shape index (κ1) is 30.0. The summed E-state index contributed by atoms with van der Waals surface area (Å²) in [6.07, 6.45) is -0.0856. The predicted molar refractivity (Wildman–Crippen MR) is 162 cm³/mol. The third-order valence-electron chi connectivity index (χ3n) is 6.83. The first-order valence-corrected chi connectivity index (χ1v) is 14.2. The van der Waals surface area contributed by atoms with Gasteiger partial charge in [0.1, 0.15) is 22.6 Å². The summed E-state index contributed by atoms with van der Waals surface area (Å²) in [5, 5.41) is 9.20. The zero-order chi connectivity index (χ0) is 31.2. The Labute approximate surface area is 257 Å². The lowest BCUT2D eigenvalue weighted by atomic mass is 10.1. The zero-order valence-corrected chi connectivity index (χ0v) is 24.5. The van der Waals surface area contributed by atoms with Gasteiger partial charge in [-0.1, -0.05) is 23.9 Å². The largest absolute Gasteiger partial charge is 0.497 e. The molecule has 2 heterocycles. The number of carbonyl (C=O) groups excluding carboxylic acids is 4. The van der Waals surface area contributed by atoms with Gasteiger partial charge in [0.15, 0.2) is 6.61 Å². The van der Waals surface area contributed by atoms with Crippen LogP contribution in [0.25, 0.3) is 11.3 Å². The van der Waals surface area contributed by atoms with Crippen molar-refractivity contribution in [1.29, 1.82) is 5.26 Å². The highest BCUT2D eigenvalue weighted by molar-refractivity contribution is 8.00. The van der Waals surface area contributed by atoms with Crippen LogP contribution in [-0.4, -0.2) is 54.6 Å². The van der Waals surface area contributed by atoms with Crippen LogP contribution in [0.2, 0.25) is 0 Å². The number of nitrogens with zero attached hydrogens (tertiary/aromatic N) is 3. The molecule has 220 valence electrons. The molecule has 44 heavy (non-hydrogen) atoms. The van der Waals surface area contributed by atoms with E-state index in [0.29, 0.717) is 27.8 Å². The first-order valence-electron chi connectivity index (χ1n) is 13.4.